The number of carbonyl (C=O) groups is 4. The summed E-state index contributed by atoms with van der Waals surface area (Å²) in [7, 11) is 1.70. The van der Waals surface area contributed by atoms with Gasteiger partial charge in [-0.3, -0.25) is 24.1 Å². The molecule has 4 heterocycles. The van der Waals surface area contributed by atoms with Crippen LogP contribution >= 0.6 is 0 Å². The summed E-state index contributed by atoms with van der Waals surface area (Å²) in [5, 5.41) is 9.40. The number of ether oxygens (including phenoxy) is 3. The van der Waals surface area contributed by atoms with Crippen molar-refractivity contribution in [3.63, 3.8) is 0 Å². The molecular formula is C39H56N4O8. The zero-order chi connectivity index (χ0) is 36.5. The second kappa shape index (κ2) is 17.8. The van der Waals surface area contributed by atoms with Gasteiger partial charge < -0.3 is 34.0 Å². The van der Waals surface area contributed by atoms with Crippen molar-refractivity contribution in [3.05, 3.63) is 61.2 Å². The summed E-state index contributed by atoms with van der Waals surface area (Å²) >= 11 is 0. The van der Waals surface area contributed by atoms with Gasteiger partial charge >= 0.3 is 5.97 Å². The molecule has 4 fully saturated rings. The van der Waals surface area contributed by atoms with E-state index >= 15 is 0 Å². The molecule has 1 N–H and O–H groups in total. The smallest absolute Gasteiger partial charge is 0.313 e. The largest absolute Gasteiger partial charge is 0.455 e. The summed E-state index contributed by atoms with van der Waals surface area (Å²) < 4.78 is 18.5. The van der Waals surface area contributed by atoms with Gasteiger partial charge in [0.15, 0.2) is 0 Å². The Morgan fingerprint density at radius 1 is 1.10 bits per heavy atom. The van der Waals surface area contributed by atoms with Crippen molar-refractivity contribution >= 4 is 23.7 Å². The molecule has 280 valence electrons. The van der Waals surface area contributed by atoms with Crippen LogP contribution in [0.4, 0.5) is 0 Å². The molecule has 0 radical (unpaired) electrons. The standard InChI is InChI=1S/C39H56N4O8/c1-5-7-16-31(45)40(4)28(3)34(29-14-10-8-11-15-29)50-38(48)32-30-17-18-39(51-30)33(32)36(46)43(20-12-9-13-25-44)35(39)37(47)42(19-6-2)22-21-41-23-26-49-27-24-41/h5-6,8,10-11,14-15,28,30,32-35,44H,1-2,7,9,12-13,16-27H2,3-4H3/t28-,30-,32+,33+,34+,35-,39+/m1/s1. The summed E-state index contributed by atoms with van der Waals surface area (Å²) in [4.78, 5) is 63.9. The van der Waals surface area contributed by atoms with Gasteiger partial charge in [0.1, 0.15) is 17.7 Å². The van der Waals surface area contributed by atoms with Crippen molar-refractivity contribution in [2.45, 2.75) is 81.8 Å². The number of aliphatic hydroxyl groups is 1. The molecule has 12 heteroatoms. The van der Waals surface area contributed by atoms with Crippen molar-refractivity contribution in [1.82, 2.24) is 19.6 Å². The minimum Gasteiger partial charge on any atom is -0.455 e. The van der Waals surface area contributed by atoms with Gasteiger partial charge in [0.05, 0.1) is 37.2 Å². The molecule has 0 aliphatic carbocycles. The van der Waals surface area contributed by atoms with Crippen LogP contribution in [0.2, 0.25) is 0 Å². The molecule has 2 bridgehead atoms. The third kappa shape index (κ3) is 8.24. The Balaban J connectivity index is 1.42. The second-order valence-electron chi connectivity index (χ2n) is 14.2. The van der Waals surface area contributed by atoms with Gasteiger partial charge in [-0.05, 0) is 51.0 Å². The molecule has 0 saturated carbocycles. The monoisotopic (exact) mass is 708 g/mol. The summed E-state index contributed by atoms with van der Waals surface area (Å²) in [5.41, 5.74) is -0.430. The number of likely N-dealkylation sites (tertiary alicyclic amines) is 1. The second-order valence-corrected chi connectivity index (χ2v) is 14.2. The molecule has 4 aliphatic heterocycles. The Hall–Kier alpha value is -3.58. The molecule has 4 aliphatic rings. The SMILES string of the molecule is C=CCCC(=O)N(C)[C@H](C)[C@H](OC(=O)[C@@H]1[C@H]2C(=O)N(CCCCCO)[C@H](C(=O)N(CC=C)CCN3CCOCC3)[C@]23CC[C@H]1O3)c1ccccc1. The van der Waals surface area contributed by atoms with Crippen LogP contribution in [0, 0.1) is 11.8 Å². The summed E-state index contributed by atoms with van der Waals surface area (Å²) in [6.07, 6.45) is 5.74. The average Bonchev–Trinajstić information content (AvgIpc) is 3.80. The van der Waals surface area contributed by atoms with E-state index in [0.29, 0.717) is 77.9 Å². The van der Waals surface area contributed by atoms with Crippen LogP contribution in [0.25, 0.3) is 0 Å². The van der Waals surface area contributed by atoms with Gasteiger partial charge in [-0.2, -0.15) is 0 Å². The Morgan fingerprint density at radius 2 is 1.84 bits per heavy atom. The third-order valence-electron chi connectivity index (χ3n) is 11.2. The number of allylic oxidation sites excluding steroid dienone is 1. The normalized spacial score (nSPS) is 26.7. The van der Waals surface area contributed by atoms with Gasteiger partial charge in [-0.1, -0.05) is 42.5 Å². The van der Waals surface area contributed by atoms with Crippen molar-refractivity contribution < 1.29 is 38.5 Å². The maximum Gasteiger partial charge on any atom is 0.313 e. The van der Waals surface area contributed by atoms with E-state index < -0.39 is 47.7 Å². The molecule has 1 aromatic carbocycles. The number of unbranched alkanes of at least 4 members (excludes halogenated alkanes) is 2. The first-order valence-electron chi connectivity index (χ1n) is 18.6. The average molecular weight is 709 g/mol. The minimum absolute atomic E-state index is 0.0479. The molecule has 12 nitrogen and oxygen atoms in total. The van der Waals surface area contributed by atoms with E-state index in [-0.39, 0.29) is 30.7 Å². The first kappa shape index (κ1) is 38.6. The van der Waals surface area contributed by atoms with Crippen LogP contribution in [0.3, 0.4) is 0 Å². The number of morpholine rings is 1. The molecule has 51 heavy (non-hydrogen) atoms. The summed E-state index contributed by atoms with van der Waals surface area (Å²) in [5.74, 6) is -2.90. The topological polar surface area (TPSA) is 129 Å². The van der Waals surface area contributed by atoms with Crippen LogP contribution in [-0.4, -0.2) is 138 Å². The lowest BCUT2D eigenvalue weighted by atomic mass is 9.70. The number of aliphatic hydroxyl groups excluding tert-OH is 1. The van der Waals surface area contributed by atoms with Crippen LogP contribution in [0.1, 0.15) is 63.5 Å². The number of esters is 1. The number of rotatable bonds is 19. The zero-order valence-electron chi connectivity index (χ0n) is 30.3. The van der Waals surface area contributed by atoms with Gasteiger partial charge in [0.25, 0.3) is 0 Å². The van der Waals surface area contributed by atoms with E-state index in [9.17, 15) is 24.3 Å². The zero-order valence-corrected chi connectivity index (χ0v) is 30.3. The lowest BCUT2D eigenvalue weighted by molar-refractivity contribution is -0.164. The molecule has 3 amide bonds. The predicted octanol–water partition coefficient (Wildman–Crippen LogP) is 2.97. The quantitative estimate of drug-likeness (QED) is 0.131. The van der Waals surface area contributed by atoms with Crippen molar-refractivity contribution in [3.8, 4) is 0 Å². The van der Waals surface area contributed by atoms with E-state index in [1.807, 2.05) is 37.3 Å². The number of fused-ring (bicyclic) bond motifs is 1. The van der Waals surface area contributed by atoms with E-state index in [1.165, 1.54) is 0 Å². The number of likely N-dealkylation sites (N-methyl/N-ethyl adjacent to an activating group) is 1. The molecule has 0 aromatic heterocycles. The van der Waals surface area contributed by atoms with Gasteiger partial charge in [-0.15, -0.1) is 13.2 Å². The van der Waals surface area contributed by atoms with Crippen LogP contribution in [0.5, 0.6) is 0 Å². The number of hydrogen-bond donors (Lipinski definition) is 1. The molecular weight excluding hydrogens is 652 g/mol. The van der Waals surface area contributed by atoms with Gasteiger partial charge in [-0.25, -0.2) is 0 Å². The predicted molar refractivity (Wildman–Crippen MR) is 191 cm³/mol. The number of hydrogen-bond acceptors (Lipinski definition) is 9. The fourth-order valence-corrected chi connectivity index (χ4v) is 8.34. The van der Waals surface area contributed by atoms with Crippen LogP contribution in [-0.2, 0) is 33.4 Å². The van der Waals surface area contributed by atoms with Crippen molar-refractivity contribution in [2.24, 2.45) is 11.8 Å². The van der Waals surface area contributed by atoms with E-state index in [4.69, 9.17) is 14.2 Å². The number of carbonyl (C=O) groups excluding carboxylic acids is 4. The molecule has 1 aromatic rings. The minimum atomic E-state index is -1.16. The Kier molecular flexibility index (Phi) is 13.5. The molecule has 1 spiro atoms. The highest BCUT2D eigenvalue weighted by molar-refractivity contribution is 5.98. The number of nitrogens with zero attached hydrogens (tertiary/aromatic N) is 4. The van der Waals surface area contributed by atoms with Crippen molar-refractivity contribution in [2.75, 3.05) is 66.1 Å². The molecule has 0 unspecified atom stereocenters. The first-order chi connectivity index (χ1) is 24.7. The highest BCUT2D eigenvalue weighted by atomic mass is 16.6. The molecule has 4 saturated heterocycles. The summed E-state index contributed by atoms with van der Waals surface area (Å²) in [6, 6.07) is 7.93. The Labute approximate surface area is 302 Å². The van der Waals surface area contributed by atoms with Crippen LogP contribution in [0.15, 0.2) is 55.6 Å². The van der Waals surface area contributed by atoms with E-state index in [1.54, 1.807) is 33.9 Å². The van der Waals surface area contributed by atoms with E-state index in [0.717, 1.165) is 18.7 Å². The fourth-order valence-electron chi connectivity index (χ4n) is 8.34. The van der Waals surface area contributed by atoms with Gasteiger partial charge in [0, 0.05) is 59.3 Å². The number of benzene rings is 1. The van der Waals surface area contributed by atoms with E-state index in [2.05, 4.69) is 18.1 Å². The van der Waals surface area contributed by atoms with Crippen LogP contribution < -0.4 is 0 Å². The Bertz CT molecular complexity index is 1390. The molecule has 5 rings (SSSR count). The van der Waals surface area contributed by atoms with Gasteiger partial charge in [0.2, 0.25) is 17.7 Å². The Morgan fingerprint density at radius 3 is 2.53 bits per heavy atom. The summed E-state index contributed by atoms with van der Waals surface area (Å²) in [6.45, 7) is 14.2. The highest BCUT2D eigenvalue weighted by Crippen LogP contribution is 2.59. The lowest BCUT2D eigenvalue weighted by Crippen LogP contribution is -2.57. The van der Waals surface area contributed by atoms with Crippen molar-refractivity contribution in [1.29, 1.82) is 0 Å². The number of amides is 3. The third-order valence-corrected chi connectivity index (χ3v) is 11.2. The first-order valence-corrected chi connectivity index (χ1v) is 18.6. The lowest BCUT2D eigenvalue weighted by Gasteiger charge is -2.37. The maximum atomic E-state index is 14.7. The maximum absolute atomic E-state index is 14.7. The highest BCUT2D eigenvalue weighted by Gasteiger charge is 2.75. The molecule has 7 atom stereocenters. The fraction of sp³-hybridized carbons (Fsp3) is 0.641.